The first-order chi connectivity index (χ1) is 10.7. The maximum absolute atomic E-state index is 4.59. The van der Waals surface area contributed by atoms with E-state index in [4.69, 9.17) is 0 Å². The maximum atomic E-state index is 4.59. The molecule has 22 heavy (non-hydrogen) atoms. The highest BCUT2D eigenvalue weighted by atomic mass is 14.9. The third kappa shape index (κ3) is 5.49. The van der Waals surface area contributed by atoms with Crippen molar-refractivity contribution in [3.05, 3.63) is 78.4 Å². The Morgan fingerprint density at radius 1 is 0.727 bits per heavy atom. The second-order valence-corrected chi connectivity index (χ2v) is 4.67. The van der Waals surface area contributed by atoms with Crippen LogP contribution in [0.5, 0.6) is 0 Å². The lowest BCUT2D eigenvalue weighted by molar-refractivity contribution is 1.44. The third-order valence-corrected chi connectivity index (χ3v) is 2.71. The molecule has 0 N–H and O–H groups in total. The zero-order chi connectivity index (χ0) is 16.4. The Morgan fingerprint density at radius 3 is 1.64 bits per heavy atom. The van der Waals surface area contributed by atoms with Gasteiger partial charge < -0.3 is 0 Å². The fourth-order valence-electron chi connectivity index (χ4n) is 1.78. The van der Waals surface area contributed by atoms with E-state index < -0.39 is 0 Å². The van der Waals surface area contributed by atoms with Gasteiger partial charge in [-0.25, -0.2) is 9.98 Å². The summed E-state index contributed by atoms with van der Waals surface area (Å²) in [6.07, 6.45) is 0. The zero-order valence-corrected chi connectivity index (χ0v) is 13.9. The standard InChI is InChI=1S/C18H18N2.C2H6/c1-14(2)19-18(17-12-8-5-9-13-17)20-15(3)16-10-6-4-7-11-16;1-2/h4-13H,3H2,1-2H3;1-2H3. The fraction of sp³-hybridized carbons (Fsp3) is 0.200. The second kappa shape index (κ2) is 9.46. The summed E-state index contributed by atoms with van der Waals surface area (Å²) in [5.74, 6) is 0.694. The summed E-state index contributed by atoms with van der Waals surface area (Å²) >= 11 is 0. The molecule has 2 heteroatoms. The first-order valence-electron chi connectivity index (χ1n) is 7.57. The van der Waals surface area contributed by atoms with Crippen LogP contribution in [0, 0.1) is 0 Å². The van der Waals surface area contributed by atoms with Gasteiger partial charge in [0.25, 0.3) is 0 Å². The third-order valence-electron chi connectivity index (χ3n) is 2.71. The molecule has 0 spiro atoms. The van der Waals surface area contributed by atoms with Crippen molar-refractivity contribution in [2.75, 3.05) is 0 Å². The van der Waals surface area contributed by atoms with Crippen molar-refractivity contribution >= 4 is 17.2 Å². The molecule has 0 bridgehead atoms. The van der Waals surface area contributed by atoms with E-state index >= 15 is 0 Å². The molecule has 0 saturated heterocycles. The quantitative estimate of drug-likeness (QED) is 0.519. The maximum Gasteiger partial charge on any atom is 0.159 e. The second-order valence-electron chi connectivity index (χ2n) is 4.67. The van der Waals surface area contributed by atoms with Gasteiger partial charge in [0, 0.05) is 11.3 Å². The summed E-state index contributed by atoms with van der Waals surface area (Å²) in [5, 5.41) is 0. The van der Waals surface area contributed by atoms with Gasteiger partial charge in [0.1, 0.15) is 0 Å². The van der Waals surface area contributed by atoms with Crippen LogP contribution in [0.25, 0.3) is 5.70 Å². The monoisotopic (exact) mass is 292 g/mol. The Kier molecular flexibility index (Phi) is 7.55. The number of nitrogens with zero attached hydrogens (tertiary/aromatic N) is 2. The summed E-state index contributed by atoms with van der Waals surface area (Å²) < 4.78 is 0. The lowest BCUT2D eigenvalue weighted by Gasteiger charge is -2.05. The smallest absolute Gasteiger partial charge is 0.159 e. The molecule has 2 nitrogen and oxygen atoms in total. The number of hydrogen-bond donors (Lipinski definition) is 0. The van der Waals surface area contributed by atoms with Crippen molar-refractivity contribution in [1.29, 1.82) is 0 Å². The van der Waals surface area contributed by atoms with Crippen molar-refractivity contribution in [3.8, 4) is 0 Å². The molecule has 2 aromatic rings. The van der Waals surface area contributed by atoms with Crippen LogP contribution in [0.1, 0.15) is 38.8 Å². The van der Waals surface area contributed by atoms with Crippen LogP contribution in [-0.2, 0) is 0 Å². The molecule has 0 amide bonds. The lowest BCUT2D eigenvalue weighted by atomic mass is 10.1. The number of benzene rings is 2. The van der Waals surface area contributed by atoms with E-state index in [1.54, 1.807) is 0 Å². The highest BCUT2D eigenvalue weighted by molar-refractivity contribution is 6.07. The van der Waals surface area contributed by atoms with Crippen LogP contribution in [0.2, 0.25) is 0 Å². The molecule has 0 radical (unpaired) electrons. The van der Waals surface area contributed by atoms with Gasteiger partial charge in [0.05, 0.1) is 5.70 Å². The lowest BCUT2D eigenvalue weighted by Crippen LogP contribution is -2.00. The summed E-state index contributed by atoms with van der Waals surface area (Å²) in [6.45, 7) is 12.0. The van der Waals surface area contributed by atoms with Gasteiger partial charge in [-0.15, -0.1) is 0 Å². The molecule has 0 aliphatic heterocycles. The minimum atomic E-state index is 0.694. The van der Waals surface area contributed by atoms with Crippen LogP contribution in [0.3, 0.4) is 0 Å². The summed E-state index contributed by atoms with van der Waals surface area (Å²) in [7, 11) is 0. The number of rotatable bonds is 3. The highest BCUT2D eigenvalue weighted by Crippen LogP contribution is 2.15. The first-order valence-corrected chi connectivity index (χ1v) is 7.57. The van der Waals surface area contributed by atoms with E-state index in [1.165, 1.54) is 0 Å². The topological polar surface area (TPSA) is 24.7 Å². The summed E-state index contributed by atoms with van der Waals surface area (Å²) in [5.41, 5.74) is 3.68. The van der Waals surface area contributed by atoms with Crippen molar-refractivity contribution in [3.63, 3.8) is 0 Å². The van der Waals surface area contributed by atoms with E-state index in [1.807, 2.05) is 88.4 Å². The molecule has 0 aliphatic rings. The van der Waals surface area contributed by atoms with E-state index in [9.17, 15) is 0 Å². The molecule has 0 unspecified atom stereocenters. The zero-order valence-electron chi connectivity index (χ0n) is 13.9. The molecule has 0 aromatic heterocycles. The van der Waals surface area contributed by atoms with Crippen LogP contribution in [0.4, 0.5) is 0 Å². The van der Waals surface area contributed by atoms with E-state index in [0.29, 0.717) is 5.84 Å². The highest BCUT2D eigenvalue weighted by Gasteiger charge is 2.03. The molecule has 2 rings (SSSR count). The van der Waals surface area contributed by atoms with Gasteiger partial charge in [0.2, 0.25) is 0 Å². The molecule has 0 fully saturated rings. The van der Waals surface area contributed by atoms with Gasteiger partial charge in [0.15, 0.2) is 5.84 Å². The Labute approximate surface area is 134 Å². The molecular weight excluding hydrogens is 268 g/mol. The minimum Gasteiger partial charge on any atom is -0.238 e. The normalized spacial score (nSPS) is 10.3. The molecular formula is C20H24N2. The Balaban J connectivity index is 0.00000116. The van der Waals surface area contributed by atoms with Gasteiger partial charge >= 0.3 is 0 Å². The van der Waals surface area contributed by atoms with E-state index in [-0.39, 0.29) is 0 Å². The molecule has 0 atom stereocenters. The first kappa shape index (κ1) is 17.6. The van der Waals surface area contributed by atoms with Crippen molar-refractivity contribution in [1.82, 2.24) is 0 Å². The van der Waals surface area contributed by atoms with E-state index in [0.717, 1.165) is 22.5 Å². The van der Waals surface area contributed by atoms with Gasteiger partial charge in [-0.3, -0.25) is 0 Å². The summed E-state index contributed by atoms with van der Waals surface area (Å²) in [4.78, 5) is 9.11. The van der Waals surface area contributed by atoms with Crippen molar-refractivity contribution < 1.29 is 0 Å². The molecule has 0 saturated carbocycles. The Hall–Kier alpha value is -2.48. The van der Waals surface area contributed by atoms with Crippen molar-refractivity contribution in [2.45, 2.75) is 27.7 Å². The van der Waals surface area contributed by atoms with Gasteiger partial charge in [-0.1, -0.05) is 81.1 Å². The fourth-order valence-corrected chi connectivity index (χ4v) is 1.78. The van der Waals surface area contributed by atoms with Crippen LogP contribution in [-0.4, -0.2) is 11.5 Å². The van der Waals surface area contributed by atoms with Crippen LogP contribution in [0.15, 0.2) is 77.2 Å². The van der Waals surface area contributed by atoms with E-state index in [2.05, 4.69) is 16.6 Å². The largest absolute Gasteiger partial charge is 0.238 e. The van der Waals surface area contributed by atoms with Gasteiger partial charge in [-0.05, 0) is 19.4 Å². The predicted molar refractivity (Wildman–Crippen MR) is 98.6 cm³/mol. The van der Waals surface area contributed by atoms with Crippen LogP contribution >= 0.6 is 0 Å². The Bertz CT molecular complexity index is 634. The summed E-state index contributed by atoms with van der Waals surface area (Å²) in [6, 6.07) is 19.9. The predicted octanol–water partition coefficient (Wildman–Crippen LogP) is 5.61. The average Bonchev–Trinajstić information content (AvgIpc) is 2.57. The number of amidine groups is 1. The number of aliphatic imine (C=N–C) groups is 2. The average molecular weight is 292 g/mol. The number of hydrogen-bond acceptors (Lipinski definition) is 1. The minimum absolute atomic E-state index is 0.694. The molecule has 114 valence electrons. The molecule has 0 aliphatic carbocycles. The molecule has 0 heterocycles. The van der Waals surface area contributed by atoms with Crippen LogP contribution < -0.4 is 0 Å². The molecule has 2 aromatic carbocycles. The van der Waals surface area contributed by atoms with Crippen molar-refractivity contribution in [2.24, 2.45) is 9.98 Å². The Morgan fingerprint density at radius 2 is 1.18 bits per heavy atom. The van der Waals surface area contributed by atoms with Gasteiger partial charge in [-0.2, -0.15) is 0 Å². The SMILES string of the molecule is C=C(N=C(N=C(C)C)c1ccccc1)c1ccccc1.CC.